The van der Waals surface area contributed by atoms with Gasteiger partial charge in [-0.25, -0.2) is 17.6 Å². The number of carbonyl (C=O) groups is 1. The Bertz CT molecular complexity index is 1060. The van der Waals surface area contributed by atoms with Crippen molar-refractivity contribution in [2.75, 3.05) is 5.32 Å². The van der Waals surface area contributed by atoms with Crippen LogP contribution in [0.2, 0.25) is 0 Å². The molecule has 10 heteroatoms. The van der Waals surface area contributed by atoms with Gasteiger partial charge in [-0.15, -0.1) is 0 Å². The first kappa shape index (κ1) is 21.5. The molecule has 0 spiro atoms. The molecule has 0 aliphatic carbocycles. The summed E-state index contributed by atoms with van der Waals surface area (Å²) in [6, 6.07) is 8.44. The number of rotatable bonds is 7. The standard InChI is InChI=1S/C20H21F4N5O/c1-11-6-4-5-7-14(11)9-28-13(3)18(12(2)26-28)25-17(30)10-29-16(20(23)24)8-15(27-29)19(21)22/h4-8,19-20H,9-10H2,1-3H3,(H,25,30). The van der Waals surface area contributed by atoms with E-state index in [-0.39, 0.29) is 0 Å². The normalized spacial score (nSPS) is 11.5. The number of anilines is 1. The number of aromatic nitrogens is 4. The van der Waals surface area contributed by atoms with Crippen LogP contribution in [0.15, 0.2) is 30.3 Å². The van der Waals surface area contributed by atoms with Crippen LogP contribution in [-0.2, 0) is 17.9 Å². The monoisotopic (exact) mass is 423 g/mol. The Hall–Kier alpha value is -3.17. The zero-order valence-corrected chi connectivity index (χ0v) is 16.7. The summed E-state index contributed by atoms with van der Waals surface area (Å²) in [5.41, 5.74) is 2.33. The van der Waals surface area contributed by atoms with Crippen LogP contribution in [-0.4, -0.2) is 25.5 Å². The summed E-state index contributed by atoms with van der Waals surface area (Å²) in [5.74, 6) is -0.664. The lowest BCUT2D eigenvalue weighted by Crippen LogP contribution is -2.22. The van der Waals surface area contributed by atoms with Crippen molar-refractivity contribution >= 4 is 11.6 Å². The maximum atomic E-state index is 13.1. The van der Waals surface area contributed by atoms with Crippen LogP contribution >= 0.6 is 0 Å². The number of nitrogens with one attached hydrogen (secondary N) is 1. The molecule has 3 aromatic rings. The van der Waals surface area contributed by atoms with Crippen molar-refractivity contribution in [1.29, 1.82) is 0 Å². The van der Waals surface area contributed by atoms with E-state index in [1.165, 1.54) is 0 Å². The molecule has 0 bridgehead atoms. The first-order valence-electron chi connectivity index (χ1n) is 9.19. The minimum absolute atomic E-state index is 0.452. The predicted octanol–water partition coefficient (Wildman–Crippen LogP) is 4.57. The number of amides is 1. The largest absolute Gasteiger partial charge is 0.321 e. The van der Waals surface area contributed by atoms with E-state index in [2.05, 4.69) is 15.5 Å². The number of aryl methyl sites for hydroxylation is 2. The molecule has 0 saturated heterocycles. The number of carbonyl (C=O) groups excluding carboxylic acids is 1. The first-order chi connectivity index (χ1) is 14.2. The van der Waals surface area contributed by atoms with Crippen LogP contribution < -0.4 is 5.32 Å². The van der Waals surface area contributed by atoms with E-state index >= 15 is 0 Å². The fourth-order valence-corrected chi connectivity index (χ4v) is 3.16. The highest BCUT2D eigenvalue weighted by Gasteiger charge is 2.23. The third-order valence-corrected chi connectivity index (χ3v) is 4.80. The van der Waals surface area contributed by atoms with Crippen molar-refractivity contribution in [3.8, 4) is 0 Å². The molecule has 3 rings (SSSR count). The summed E-state index contributed by atoms with van der Waals surface area (Å²) >= 11 is 0. The Morgan fingerprint density at radius 3 is 2.37 bits per heavy atom. The molecule has 0 fully saturated rings. The smallest absolute Gasteiger partial charge is 0.282 e. The second-order valence-corrected chi connectivity index (χ2v) is 6.93. The number of nitrogens with zero attached hydrogens (tertiary/aromatic N) is 4. The van der Waals surface area contributed by atoms with Crippen LogP contribution in [0.25, 0.3) is 0 Å². The molecule has 0 aliphatic heterocycles. The minimum Gasteiger partial charge on any atom is -0.321 e. The van der Waals surface area contributed by atoms with Gasteiger partial charge in [0.2, 0.25) is 5.91 Å². The summed E-state index contributed by atoms with van der Waals surface area (Å²) in [7, 11) is 0. The summed E-state index contributed by atoms with van der Waals surface area (Å²) in [5, 5.41) is 10.5. The summed E-state index contributed by atoms with van der Waals surface area (Å²) in [6.45, 7) is 5.36. The van der Waals surface area contributed by atoms with Gasteiger partial charge in [-0.2, -0.15) is 10.2 Å². The Morgan fingerprint density at radius 1 is 1.03 bits per heavy atom. The van der Waals surface area contributed by atoms with Gasteiger partial charge in [0.1, 0.15) is 17.9 Å². The van der Waals surface area contributed by atoms with Crippen LogP contribution in [0.1, 0.15) is 46.8 Å². The van der Waals surface area contributed by atoms with Crippen molar-refractivity contribution in [3.63, 3.8) is 0 Å². The molecule has 0 aliphatic rings. The molecule has 0 unspecified atom stereocenters. The van der Waals surface area contributed by atoms with Crippen LogP contribution in [0.5, 0.6) is 0 Å². The molecule has 160 valence electrons. The second kappa shape index (κ2) is 8.68. The Morgan fingerprint density at radius 2 is 1.73 bits per heavy atom. The van der Waals surface area contributed by atoms with Gasteiger partial charge in [0.25, 0.3) is 12.9 Å². The zero-order valence-electron chi connectivity index (χ0n) is 16.7. The number of hydrogen-bond acceptors (Lipinski definition) is 3. The van der Waals surface area contributed by atoms with Gasteiger partial charge in [0.05, 0.1) is 23.6 Å². The number of halogens is 4. The summed E-state index contributed by atoms with van der Waals surface area (Å²) < 4.78 is 54.1. The molecule has 1 N–H and O–H groups in total. The Labute approximate surface area is 170 Å². The van der Waals surface area contributed by atoms with Gasteiger partial charge in [-0.05, 0) is 38.0 Å². The highest BCUT2D eigenvalue weighted by molar-refractivity contribution is 5.91. The Balaban J connectivity index is 1.78. The van der Waals surface area contributed by atoms with Gasteiger partial charge < -0.3 is 5.32 Å². The fraction of sp³-hybridized carbons (Fsp3) is 0.350. The third kappa shape index (κ3) is 4.52. The van der Waals surface area contributed by atoms with Gasteiger partial charge >= 0.3 is 0 Å². The topological polar surface area (TPSA) is 64.7 Å². The van der Waals surface area contributed by atoms with Crippen molar-refractivity contribution in [1.82, 2.24) is 19.6 Å². The van der Waals surface area contributed by atoms with E-state index in [0.29, 0.717) is 34.4 Å². The second-order valence-electron chi connectivity index (χ2n) is 6.93. The van der Waals surface area contributed by atoms with Gasteiger partial charge in [-0.1, -0.05) is 24.3 Å². The van der Waals surface area contributed by atoms with Crippen molar-refractivity contribution in [2.45, 2.75) is 46.7 Å². The maximum Gasteiger partial charge on any atom is 0.282 e. The SMILES string of the molecule is Cc1ccccc1Cn1nc(C)c(NC(=O)Cn2nc(C(F)F)cc2C(F)F)c1C. The Kier molecular flexibility index (Phi) is 6.23. The van der Waals surface area contributed by atoms with E-state index in [1.54, 1.807) is 18.5 Å². The average molecular weight is 423 g/mol. The lowest BCUT2D eigenvalue weighted by Gasteiger charge is -2.10. The van der Waals surface area contributed by atoms with Gasteiger partial charge in [0.15, 0.2) is 0 Å². The molecule has 30 heavy (non-hydrogen) atoms. The molecule has 6 nitrogen and oxygen atoms in total. The van der Waals surface area contributed by atoms with E-state index in [0.717, 1.165) is 11.1 Å². The quantitative estimate of drug-likeness (QED) is 0.567. The minimum atomic E-state index is -3.03. The average Bonchev–Trinajstić information content (AvgIpc) is 3.21. The zero-order chi connectivity index (χ0) is 22.0. The number of benzene rings is 1. The summed E-state index contributed by atoms with van der Waals surface area (Å²) in [4.78, 5) is 12.4. The van der Waals surface area contributed by atoms with E-state index in [9.17, 15) is 22.4 Å². The lowest BCUT2D eigenvalue weighted by atomic mass is 10.1. The molecule has 0 radical (unpaired) electrons. The summed E-state index contributed by atoms with van der Waals surface area (Å²) in [6.07, 6.45) is -6.03. The van der Waals surface area contributed by atoms with Crippen molar-refractivity contribution < 1.29 is 22.4 Å². The molecular formula is C20H21F4N5O. The molecule has 2 heterocycles. The molecule has 0 atom stereocenters. The van der Waals surface area contributed by atoms with Crippen molar-refractivity contribution in [2.24, 2.45) is 0 Å². The lowest BCUT2D eigenvalue weighted by molar-refractivity contribution is -0.117. The van der Waals surface area contributed by atoms with E-state index in [4.69, 9.17) is 0 Å². The van der Waals surface area contributed by atoms with Crippen molar-refractivity contribution in [3.05, 3.63) is 64.2 Å². The van der Waals surface area contributed by atoms with Crippen LogP contribution in [0.4, 0.5) is 23.2 Å². The highest BCUT2D eigenvalue weighted by Crippen LogP contribution is 2.26. The molecule has 1 amide bonds. The molecular weight excluding hydrogens is 402 g/mol. The van der Waals surface area contributed by atoms with Crippen LogP contribution in [0.3, 0.4) is 0 Å². The maximum absolute atomic E-state index is 13.1. The van der Waals surface area contributed by atoms with Crippen LogP contribution in [0, 0.1) is 20.8 Å². The number of alkyl halides is 4. The number of hydrogen-bond donors (Lipinski definition) is 1. The fourth-order valence-electron chi connectivity index (χ4n) is 3.16. The van der Waals surface area contributed by atoms with E-state index < -0.39 is 36.7 Å². The van der Waals surface area contributed by atoms with Gasteiger partial charge in [-0.3, -0.25) is 14.2 Å². The molecule has 0 saturated carbocycles. The predicted molar refractivity (Wildman–Crippen MR) is 103 cm³/mol. The molecule has 1 aromatic carbocycles. The molecule has 2 aromatic heterocycles. The highest BCUT2D eigenvalue weighted by atomic mass is 19.3. The third-order valence-electron chi connectivity index (χ3n) is 4.80. The van der Waals surface area contributed by atoms with E-state index in [1.807, 2.05) is 31.2 Å². The van der Waals surface area contributed by atoms with Gasteiger partial charge in [0, 0.05) is 0 Å². The first-order valence-corrected chi connectivity index (χ1v) is 9.19.